The van der Waals surface area contributed by atoms with Crippen molar-refractivity contribution in [1.82, 2.24) is 5.32 Å². The van der Waals surface area contributed by atoms with Gasteiger partial charge in [-0.25, -0.2) is 0 Å². The van der Waals surface area contributed by atoms with Gasteiger partial charge in [0.25, 0.3) is 0 Å². The van der Waals surface area contributed by atoms with E-state index in [1.54, 1.807) is 0 Å². The van der Waals surface area contributed by atoms with Gasteiger partial charge >= 0.3 is 0 Å². The lowest BCUT2D eigenvalue weighted by atomic mass is 9.87. The molecule has 1 N–H and O–H groups in total. The summed E-state index contributed by atoms with van der Waals surface area (Å²) in [7, 11) is 0. The summed E-state index contributed by atoms with van der Waals surface area (Å²) in [4.78, 5) is 22.3. The zero-order chi connectivity index (χ0) is 11.6. The van der Waals surface area contributed by atoms with Crippen LogP contribution in [0.1, 0.15) is 40.5 Å². The first-order chi connectivity index (χ1) is 6.78. The second kappa shape index (κ2) is 4.17. The van der Waals surface area contributed by atoms with Gasteiger partial charge in [0.1, 0.15) is 0 Å². The molecule has 15 heavy (non-hydrogen) atoms. The Bertz CT molecular complexity index is 310. The zero-order valence-electron chi connectivity index (χ0n) is 9.89. The molecule has 1 heterocycles. The molecule has 2 amide bonds. The second-order valence-electron chi connectivity index (χ2n) is 5.47. The fourth-order valence-corrected chi connectivity index (χ4v) is 1.95. The highest BCUT2D eigenvalue weighted by atomic mass is 16.2. The standard InChI is InChI=1S/C12H19NO2/c1-8(7-12(2,3)4)5-9-6-10(14)13-11(9)15/h5,9H,6-7H2,1-4H3,(H,13,14,15). The van der Waals surface area contributed by atoms with E-state index >= 15 is 0 Å². The lowest BCUT2D eigenvalue weighted by Gasteiger charge is -2.18. The molecule has 3 nitrogen and oxygen atoms in total. The Labute approximate surface area is 90.9 Å². The van der Waals surface area contributed by atoms with Crippen LogP contribution in [-0.4, -0.2) is 11.8 Å². The Morgan fingerprint density at radius 1 is 1.47 bits per heavy atom. The molecule has 1 unspecified atom stereocenters. The van der Waals surface area contributed by atoms with Gasteiger partial charge in [0.15, 0.2) is 0 Å². The van der Waals surface area contributed by atoms with Crippen LogP contribution in [-0.2, 0) is 9.59 Å². The lowest BCUT2D eigenvalue weighted by molar-refractivity contribution is -0.125. The van der Waals surface area contributed by atoms with Crippen LogP contribution in [0, 0.1) is 11.3 Å². The number of imide groups is 1. The van der Waals surface area contributed by atoms with Crippen molar-refractivity contribution in [2.75, 3.05) is 0 Å². The molecule has 1 atom stereocenters. The predicted octanol–water partition coefficient (Wildman–Crippen LogP) is 2.03. The second-order valence-corrected chi connectivity index (χ2v) is 5.47. The third kappa shape index (κ3) is 3.86. The molecule has 0 radical (unpaired) electrons. The highest BCUT2D eigenvalue weighted by Crippen LogP contribution is 2.25. The van der Waals surface area contributed by atoms with Gasteiger partial charge in [-0.2, -0.15) is 0 Å². The van der Waals surface area contributed by atoms with Gasteiger partial charge < -0.3 is 0 Å². The normalized spacial score (nSPS) is 23.2. The van der Waals surface area contributed by atoms with Crippen molar-refractivity contribution in [2.45, 2.75) is 40.5 Å². The topological polar surface area (TPSA) is 46.2 Å². The van der Waals surface area contributed by atoms with Gasteiger partial charge in [0.2, 0.25) is 11.8 Å². The van der Waals surface area contributed by atoms with E-state index in [2.05, 4.69) is 26.1 Å². The molecular formula is C12H19NO2. The molecule has 0 bridgehead atoms. The maximum atomic E-state index is 11.3. The molecule has 1 aliphatic rings. The molecule has 0 aromatic rings. The van der Waals surface area contributed by atoms with Gasteiger partial charge in [-0.15, -0.1) is 0 Å². The molecule has 1 fully saturated rings. The number of hydrogen-bond acceptors (Lipinski definition) is 2. The van der Waals surface area contributed by atoms with Crippen molar-refractivity contribution in [3.05, 3.63) is 11.6 Å². The zero-order valence-corrected chi connectivity index (χ0v) is 9.89. The van der Waals surface area contributed by atoms with Crippen LogP contribution in [0.3, 0.4) is 0 Å². The van der Waals surface area contributed by atoms with Crippen LogP contribution in [0.5, 0.6) is 0 Å². The van der Waals surface area contributed by atoms with Crippen molar-refractivity contribution in [3.8, 4) is 0 Å². The van der Waals surface area contributed by atoms with Crippen molar-refractivity contribution >= 4 is 11.8 Å². The van der Waals surface area contributed by atoms with E-state index in [4.69, 9.17) is 0 Å². The molecule has 1 rings (SSSR count). The van der Waals surface area contributed by atoms with Gasteiger partial charge in [0.05, 0.1) is 5.92 Å². The first-order valence-electron chi connectivity index (χ1n) is 5.29. The number of allylic oxidation sites excluding steroid dienone is 1. The molecule has 84 valence electrons. The van der Waals surface area contributed by atoms with Gasteiger partial charge in [-0.05, 0) is 18.8 Å². The summed E-state index contributed by atoms with van der Waals surface area (Å²) >= 11 is 0. The van der Waals surface area contributed by atoms with E-state index in [1.807, 2.05) is 13.0 Å². The minimum absolute atomic E-state index is 0.159. The largest absolute Gasteiger partial charge is 0.296 e. The van der Waals surface area contributed by atoms with Crippen LogP contribution in [0.15, 0.2) is 11.6 Å². The first kappa shape index (κ1) is 12.0. The highest BCUT2D eigenvalue weighted by molar-refractivity contribution is 6.04. The summed E-state index contributed by atoms with van der Waals surface area (Å²) in [6, 6.07) is 0. The van der Waals surface area contributed by atoms with Crippen LogP contribution in [0.2, 0.25) is 0 Å². The molecule has 0 aromatic carbocycles. The number of nitrogens with one attached hydrogen (secondary N) is 1. The average Bonchev–Trinajstić information content (AvgIpc) is 2.25. The third-order valence-corrected chi connectivity index (χ3v) is 2.30. The quantitative estimate of drug-likeness (QED) is 0.558. The van der Waals surface area contributed by atoms with E-state index in [0.717, 1.165) is 6.42 Å². The summed E-state index contributed by atoms with van der Waals surface area (Å²) in [6.45, 7) is 8.49. The fourth-order valence-electron chi connectivity index (χ4n) is 1.95. The van der Waals surface area contributed by atoms with Crippen LogP contribution >= 0.6 is 0 Å². The molecule has 0 spiro atoms. The SMILES string of the molecule is CC(=CC1CC(=O)NC1=O)CC(C)(C)C. The first-order valence-corrected chi connectivity index (χ1v) is 5.29. The van der Waals surface area contributed by atoms with Crippen LogP contribution in [0.4, 0.5) is 0 Å². The van der Waals surface area contributed by atoms with Gasteiger partial charge in [-0.1, -0.05) is 32.4 Å². The average molecular weight is 209 g/mol. The lowest BCUT2D eigenvalue weighted by Crippen LogP contribution is -2.21. The van der Waals surface area contributed by atoms with Gasteiger partial charge in [-0.3, -0.25) is 14.9 Å². The highest BCUT2D eigenvalue weighted by Gasteiger charge is 2.28. The van der Waals surface area contributed by atoms with Crippen LogP contribution in [0.25, 0.3) is 0 Å². The smallest absolute Gasteiger partial charge is 0.234 e. The van der Waals surface area contributed by atoms with E-state index in [-0.39, 0.29) is 23.1 Å². The van der Waals surface area contributed by atoms with Crippen LogP contribution < -0.4 is 5.32 Å². The summed E-state index contributed by atoms with van der Waals surface area (Å²) < 4.78 is 0. The Hall–Kier alpha value is -1.12. The van der Waals surface area contributed by atoms with E-state index in [1.165, 1.54) is 5.57 Å². The molecule has 0 aliphatic carbocycles. The number of amides is 2. The molecule has 3 heteroatoms. The Morgan fingerprint density at radius 3 is 2.47 bits per heavy atom. The Balaban J connectivity index is 2.63. The summed E-state index contributed by atoms with van der Waals surface area (Å²) in [5, 5.41) is 2.31. The van der Waals surface area contributed by atoms with Crippen molar-refractivity contribution < 1.29 is 9.59 Å². The molecular weight excluding hydrogens is 190 g/mol. The number of carbonyl (C=O) groups is 2. The Kier molecular flexibility index (Phi) is 3.32. The molecule has 1 saturated heterocycles. The third-order valence-electron chi connectivity index (χ3n) is 2.30. The summed E-state index contributed by atoms with van der Waals surface area (Å²) in [5.74, 6) is -0.571. The molecule has 0 aromatic heterocycles. The van der Waals surface area contributed by atoms with Crippen molar-refractivity contribution in [1.29, 1.82) is 0 Å². The van der Waals surface area contributed by atoms with E-state index in [0.29, 0.717) is 6.42 Å². The minimum atomic E-state index is -0.250. The monoisotopic (exact) mass is 209 g/mol. The maximum Gasteiger partial charge on any atom is 0.234 e. The maximum absolute atomic E-state index is 11.3. The minimum Gasteiger partial charge on any atom is -0.296 e. The van der Waals surface area contributed by atoms with E-state index in [9.17, 15) is 9.59 Å². The number of carbonyl (C=O) groups excluding carboxylic acids is 2. The summed E-state index contributed by atoms with van der Waals surface area (Å²) in [5.41, 5.74) is 1.40. The molecule has 1 aliphatic heterocycles. The number of rotatable bonds is 2. The number of hydrogen-bond donors (Lipinski definition) is 1. The van der Waals surface area contributed by atoms with Gasteiger partial charge in [0, 0.05) is 6.42 Å². The Morgan fingerprint density at radius 2 is 2.07 bits per heavy atom. The van der Waals surface area contributed by atoms with Crippen molar-refractivity contribution in [3.63, 3.8) is 0 Å². The fraction of sp³-hybridized carbons (Fsp3) is 0.667. The van der Waals surface area contributed by atoms with E-state index < -0.39 is 0 Å². The van der Waals surface area contributed by atoms with Crippen molar-refractivity contribution in [2.24, 2.45) is 11.3 Å². The molecule has 0 saturated carbocycles. The summed E-state index contributed by atoms with van der Waals surface area (Å²) in [6.07, 6.45) is 3.18. The predicted molar refractivity (Wildman–Crippen MR) is 59.1 cm³/mol.